The second-order valence-electron chi connectivity index (χ2n) is 7.03. The predicted molar refractivity (Wildman–Crippen MR) is 126 cm³/mol. The standard InChI is InChI=1S/C28H25NO/c1-30-27-20-18-26(19-21-27)29(25-15-9-4-10-16-25)28(24-13-7-3-8-14-24)22-17-23-11-5-2-6-12-23/h2-22,28H,1H3/b22-17+. The van der Waals surface area contributed by atoms with Crippen LogP contribution in [-0.2, 0) is 0 Å². The molecule has 0 heterocycles. The van der Waals surface area contributed by atoms with Gasteiger partial charge in [0.15, 0.2) is 0 Å². The number of methoxy groups -OCH3 is 1. The summed E-state index contributed by atoms with van der Waals surface area (Å²) in [7, 11) is 1.69. The molecule has 0 spiro atoms. The van der Waals surface area contributed by atoms with E-state index >= 15 is 0 Å². The Balaban J connectivity index is 1.82. The van der Waals surface area contributed by atoms with Crippen LogP contribution < -0.4 is 9.64 Å². The molecule has 0 aliphatic carbocycles. The molecule has 0 amide bonds. The third-order valence-corrected chi connectivity index (χ3v) is 5.07. The summed E-state index contributed by atoms with van der Waals surface area (Å²) in [5, 5.41) is 0. The van der Waals surface area contributed by atoms with Crippen LogP contribution in [0, 0.1) is 0 Å². The van der Waals surface area contributed by atoms with Gasteiger partial charge in [-0.1, -0.05) is 91.0 Å². The molecule has 1 unspecified atom stereocenters. The van der Waals surface area contributed by atoms with Crippen molar-refractivity contribution in [2.24, 2.45) is 0 Å². The molecule has 0 radical (unpaired) electrons. The van der Waals surface area contributed by atoms with Crippen molar-refractivity contribution in [1.82, 2.24) is 0 Å². The van der Waals surface area contributed by atoms with Gasteiger partial charge in [-0.15, -0.1) is 0 Å². The van der Waals surface area contributed by atoms with E-state index in [1.807, 2.05) is 24.3 Å². The molecule has 2 nitrogen and oxygen atoms in total. The molecule has 0 saturated carbocycles. The van der Waals surface area contributed by atoms with Crippen LogP contribution in [0.3, 0.4) is 0 Å². The van der Waals surface area contributed by atoms with E-state index in [2.05, 4.69) is 108 Å². The third-order valence-electron chi connectivity index (χ3n) is 5.07. The zero-order valence-corrected chi connectivity index (χ0v) is 17.1. The topological polar surface area (TPSA) is 12.5 Å². The number of anilines is 2. The zero-order valence-electron chi connectivity index (χ0n) is 17.1. The first-order valence-electron chi connectivity index (χ1n) is 10.1. The monoisotopic (exact) mass is 391 g/mol. The van der Waals surface area contributed by atoms with E-state index in [1.54, 1.807) is 7.11 Å². The maximum absolute atomic E-state index is 5.37. The summed E-state index contributed by atoms with van der Waals surface area (Å²) >= 11 is 0. The van der Waals surface area contributed by atoms with Gasteiger partial charge >= 0.3 is 0 Å². The predicted octanol–water partition coefficient (Wildman–Crippen LogP) is 7.29. The molecule has 148 valence electrons. The van der Waals surface area contributed by atoms with Gasteiger partial charge in [0.25, 0.3) is 0 Å². The lowest BCUT2D eigenvalue weighted by Crippen LogP contribution is -2.22. The lowest BCUT2D eigenvalue weighted by molar-refractivity contribution is 0.415. The van der Waals surface area contributed by atoms with Gasteiger partial charge in [-0.05, 0) is 47.5 Å². The highest BCUT2D eigenvalue weighted by Gasteiger charge is 2.20. The molecule has 4 aromatic rings. The van der Waals surface area contributed by atoms with Crippen molar-refractivity contribution in [3.05, 3.63) is 132 Å². The van der Waals surface area contributed by atoms with Crippen LogP contribution in [0.2, 0.25) is 0 Å². The molecule has 0 aliphatic rings. The van der Waals surface area contributed by atoms with Gasteiger partial charge in [0.1, 0.15) is 5.75 Å². The van der Waals surface area contributed by atoms with Gasteiger partial charge in [0.2, 0.25) is 0 Å². The summed E-state index contributed by atoms with van der Waals surface area (Å²) in [5.41, 5.74) is 4.65. The Morgan fingerprint density at radius 2 is 1.17 bits per heavy atom. The van der Waals surface area contributed by atoms with Crippen molar-refractivity contribution in [3.8, 4) is 5.75 Å². The third kappa shape index (κ3) is 4.61. The first-order valence-corrected chi connectivity index (χ1v) is 10.1. The van der Waals surface area contributed by atoms with E-state index in [-0.39, 0.29) is 6.04 Å². The maximum atomic E-state index is 5.37. The van der Waals surface area contributed by atoms with Crippen molar-refractivity contribution < 1.29 is 4.74 Å². The van der Waals surface area contributed by atoms with Crippen molar-refractivity contribution in [2.75, 3.05) is 12.0 Å². The van der Waals surface area contributed by atoms with Crippen molar-refractivity contribution >= 4 is 17.5 Å². The number of para-hydroxylation sites is 1. The first kappa shape index (κ1) is 19.5. The summed E-state index contributed by atoms with van der Waals surface area (Å²) in [6.07, 6.45) is 4.46. The zero-order chi connectivity index (χ0) is 20.6. The molecule has 1 atom stereocenters. The average Bonchev–Trinajstić information content (AvgIpc) is 2.84. The van der Waals surface area contributed by atoms with E-state index < -0.39 is 0 Å². The normalized spacial score (nSPS) is 11.9. The fraction of sp³-hybridized carbons (Fsp3) is 0.0714. The van der Waals surface area contributed by atoms with Gasteiger partial charge in [0, 0.05) is 11.4 Å². The number of hydrogen-bond donors (Lipinski definition) is 0. The highest BCUT2D eigenvalue weighted by Crippen LogP contribution is 2.37. The molecular formula is C28H25NO. The lowest BCUT2D eigenvalue weighted by Gasteiger charge is -2.32. The van der Waals surface area contributed by atoms with E-state index in [1.165, 1.54) is 11.1 Å². The Kier molecular flexibility index (Phi) is 6.26. The van der Waals surface area contributed by atoms with Gasteiger partial charge in [-0.3, -0.25) is 0 Å². The number of hydrogen-bond acceptors (Lipinski definition) is 2. The fourth-order valence-corrected chi connectivity index (χ4v) is 3.56. The first-order chi connectivity index (χ1) is 14.8. The number of nitrogens with zero attached hydrogens (tertiary/aromatic N) is 1. The maximum Gasteiger partial charge on any atom is 0.119 e. The second kappa shape index (κ2) is 9.62. The molecule has 0 aliphatic heterocycles. The molecule has 0 aromatic heterocycles. The molecule has 0 N–H and O–H groups in total. The average molecular weight is 392 g/mol. The van der Waals surface area contributed by atoms with Crippen LogP contribution in [0.1, 0.15) is 17.2 Å². The number of ether oxygens (including phenoxy) is 1. The van der Waals surface area contributed by atoms with E-state index in [0.717, 1.165) is 17.1 Å². The summed E-state index contributed by atoms with van der Waals surface area (Å²) in [6.45, 7) is 0. The van der Waals surface area contributed by atoms with Crippen LogP contribution in [0.4, 0.5) is 11.4 Å². The highest BCUT2D eigenvalue weighted by atomic mass is 16.5. The minimum Gasteiger partial charge on any atom is -0.497 e. The molecule has 0 fully saturated rings. The van der Waals surface area contributed by atoms with E-state index in [9.17, 15) is 0 Å². The summed E-state index contributed by atoms with van der Waals surface area (Å²) in [4.78, 5) is 2.36. The summed E-state index contributed by atoms with van der Waals surface area (Å²) in [5.74, 6) is 0.850. The SMILES string of the molecule is COc1ccc(N(c2ccccc2)C(/C=C/c2ccccc2)c2ccccc2)cc1. The van der Waals surface area contributed by atoms with Crippen LogP contribution in [-0.4, -0.2) is 7.11 Å². The number of benzene rings is 4. The largest absolute Gasteiger partial charge is 0.497 e. The minimum atomic E-state index is 0.0298. The Morgan fingerprint density at radius 3 is 1.77 bits per heavy atom. The quantitative estimate of drug-likeness (QED) is 0.328. The Labute approximate surface area is 178 Å². The molecule has 4 aromatic carbocycles. The second-order valence-corrected chi connectivity index (χ2v) is 7.03. The Bertz CT molecular complexity index is 1060. The lowest BCUT2D eigenvalue weighted by atomic mass is 10.0. The summed E-state index contributed by atoms with van der Waals surface area (Å²) in [6, 6.07) is 39.8. The van der Waals surface area contributed by atoms with Gasteiger partial charge in [-0.2, -0.15) is 0 Å². The molecule has 0 bridgehead atoms. The molecule has 4 rings (SSSR count). The van der Waals surface area contributed by atoms with Crippen LogP contribution in [0.25, 0.3) is 6.08 Å². The van der Waals surface area contributed by atoms with E-state index in [0.29, 0.717) is 0 Å². The summed E-state index contributed by atoms with van der Waals surface area (Å²) < 4.78 is 5.37. The van der Waals surface area contributed by atoms with Gasteiger partial charge in [-0.25, -0.2) is 0 Å². The Hall–Kier alpha value is -3.78. The van der Waals surface area contributed by atoms with Crippen LogP contribution in [0.15, 0.2) is 121 Å². The van der Waals surface area contributed by atoms with Crippen LogP contribution in [0.5, 0.6) is 5.75 Å². The van der Waals surface area contributed by atoms with Gasteiger partial charge < -0.3 is 9.64 Å². The van der Waals surface area contributed by atoms with Crippen molar-refractivity contribution in [3.63, 3.8) is 0 Å². The molecule has 0 saturated heterocycles. The number of rotatable bonds is 7. The molecule has 30 heavy (non-hydrogen) atoms. The minimum absolute atomic E-state index is 0.0298. The van der Waals surface area contributed by atoms with Crippen LogP contribution >= 0.6 is 0 Å². The van der Waals surface area contributed by atoms with E-state index in [4.69, 9.17) is 4.74 Å². The molecule has 2 heteroatoms. The highest BCUT2D eigenvalue weighted by molar-refractivity contribution is 5.68. The smallest absolute Gasteiger partial charge is 0.119 e. The van der Waals surface area contributed by atoms with Crippen molar-refractivity contribution in [1.29, 1.82) is 0 Å². The Morgan fingerprint density at radius 1 is 0.633 bits per heavy atom. The van der Waals surface area contributed by atoms with Crippen molar-refractivity contribution in [2.45, 2.75) is 6.04 Å². The van der Waals surface area contributed by atoms with Gasteiger partial charge in [0.05, 0.1) is 13.2 Å². The molecular weight excluding hydrogens is 366 g/mol. The fourth-order valence-electron chi connectivity index (χ4n) is 3.56.